The Hall–Kier alpha value is -0.920. The van der Waals surface area contributed by atoms with Crippen LogP contribution in [-0.4, -0.2) is 28.8 Å². The molecule has 2 rings (SSSR count). The van der Waals surface area contributed by atoms with E-state index in [1.54, 1.807) is 34.9 Å². The number of nitrogens with two attached hydrogens (primary N) is 1. The van der Waals surface area contributed by atoms with Gasteiger partial charge in [0.15, 0.2) is 8.68 Å². The number of aromatic nitrogens is 2. The zero-order chi connectivity index (χ0) is 13.5. The Morgan fingerprint density at radius 2 is 2.16 bits per heavy atom. The number of ether oxygens (including phenoxy) is 1. The Morgan fingerprint density at radius 3 is 2.89 bits per heavy atom. The summed E-state index contributed by atoms with van der Waals surface area (Å²) in [5, 5.41) is 8.16. The molecule has 0 saturated heterocycles. The minimum atomic E-state index is 0.685. The highest BCUT2D eigenvalue weighted by atomic mass is 32.2. The third kappa shape index (κ3) is 4.93. The molecule has 7 heteroatoms. The first kappa shape index (κ1) is 14.5. The molecule has 19 heavy (non-hydrogen) atoms. The van der Waals surface area contributed by atoms with E-state index in [1.807, 2.05) is 30.5 Å². The van der Waals surface area contributed by atoms with Crippen molar-refractivity contribution in [1.82, 2.24) is 10.2 Å². The van der Waals surface area contributed by atoms with Crippen molar-refractivity contribution >= 4 is 40.5 Å². The van der Waals surface area contributed by atoms with Crippen LogP contribution >= 0.6 is 34.9 Å². The van der Waals surface area contributed by atoms with Crippen molar-refractivity contribution in [3.8, 4) is 5.75 Å². The van der Waals surface area contributed by atoms with E-state index in [0.717, 1.165) is 32.3 Å². The molecule has 0 amide bonds. The number of nitrogen functional groups attached to an aromatic ring is 1. The van der Waals surface area contributed by atoms with Crippen molar-refractivity contribution in [3.63, 3.8) is 0 Å². The number of nitrogens with zero attached hydrogens (tertiary/aromatic N) is 2. The Balaban J connectivity index is 1.64. The van der Waals surface area contributed by atoms with Gasteiger partial charge >= 0.3 is 0 Å². The Morgan fingerprint density at radius 1 is 1.32 bits per heavy atom. The fourth-order valence-electron chi connectivity index (χ4n) is 1.35. The molecule has 4 nitrogen and oxygen atoms in total. The quantitative estimate of drug-likeness (QED) is 0.480. The van der Waals surface area contributed by atoms with Gasteiger partial charge in [-0.2, -0.15) is 0 Å². The Kier molecular flexibility index (Phi) is 5.81. The number of rotatable bonds is 7. The second-order valence-corrected chi connectivity index (χ2v) is 7.03. The molecule has 0 radical (unpaired) electrons. The molecule has 0 atom stereocenters. The fourth-order valence-corrected chi connectivity index (χ4v) is 3.77. The average Bonchev–Trinajstić information content (AvgIpc) is 2.86. The molecule has 0 unspecified atom stereocenters. The molecule has 0 aliphatic heterocycles. The normalized spacial score (nSPS) is 10.6. The lowest BCUT2D eigenvalue weighted by Crippen LogP contribution is -1.99. The van der Waals surface area contributed by atoms with E-state index in [-0.39, 0.29) is 0 Å². The summed E-state index contributed by atoms with van der Waals surface area (Å²) in [5.74, 6) is 1.80. The summed E-state index contributed by atoms with van der Waals surface area (Å²) in [6, 6.07) is 7.49. The predicted octanol–water partition coefficient (Wildman–Crippen LogP) is 3.40. The van der Waals surface area contributed by atoms with E-state index < -0.39 is 0 Å². The topological polar surface area (TPSA) is 61.0 Å². The number of thioether (sulfide) groups is 2. The second kappa shape index (κ2) is 7.62. The number of anilines is 1. The third-order valence-corrected chi connectivity index (χ3v) is 5.32. The number of hydrogen-bond donors (Lipinski definition) is 1. The summed E-state index contributed by atoms with van der Waals surface area (Å²) in [4.78, 5) is 0. The molecule has 0 aliphatic carbocycles. The SMILES string of the molecule is CSc1nnc(SCCCOc2cccc(N)c2)s1. The summed E-state index contributed by atoms with van der Waals surface area (Å²) in [7, 11) is 0. The van der Waals surface area contributed by atoms with Crippen molar-refractivity contribution < 1.29 is 4.74 Å². The van der Waals surface area contributed by atoms with Crippen molar-refractivity contribution in [1.29, 1.82) is 0 Å². The highest BCUT2D eigenvalue weighted by Crippen LogP contribution is 2.27. The maximum absolute atomic E-state index is 5.68. The van der Waals surface area contributed by atoms with Crippen LogP contribution in [0.5, 0.6) is 5.75 Å². The van der Waals surface area contributed by atoms with Crippen LogP contribution in [0.4, 0.5) is 5.69 Å². The molecule has 0 spiro atoms. The Bertz CT molecular complexity index is 518. The molecular weight excluding hydrogens is 298 g/mol. The lowest BCUT2D eigenvalue weighted by atomic mass is 10.3. The van der Waals surface area contributed by atoms with Gasteiger partial charge in [0.25, 0.3) is 0 Å². The summed E-state index contributed by atoms with van der Waals surface area (Å²) in [6.45, 7) is 0.685. The van der Waals surface area contributed by atoms with E-state index >= 15 is 0 Å². The zero-order valence-electron chi connectivity index (χ0n) is 10.5. The van der Waals surface area contributed by atoms with E-state index in [9.17, 15) is 0 Å². The summed E-state index contributed by atoms with van der Waals surface area (Å²) >= 11 is 4.98. The smallest absolute Gasteiger partial charge is 0.175 e. The monoisotopic (exact) mass is 313 g/mol. The molecule has 2 N–H and O–H groups in total. The van der Waals surface area contributed by atoms with Crippen LogP contribution in [-0.2, 0) is 0 Å². The predicted molar refractivity (Wildman–Crippen MR) is 83.4 cm³/mol. The highest BCUT2D eigenvalue weighted by Gasteiger charge is 2.03. The molecule has 1 heterocycles. The van der Waals surface area contributed by atoms with Crippen LogP contribution in [0.1, 0.15) is 6.42 Å². The van der Waals surface area contributed by atoms with Crippen LogP contribution in [0.15, 0.2) is 32.9 Å². The van der Waals surface area contributed by atoms with Gasteiger partial charge in [-0.1, -0.05) is 40.9 Å². The molecule has 0 fully saturated rings. The van der Waals surface area contributed by atoms with Gasteiger partial charge in [-0.25, -0.2) is 0 Å². The van der Waals surface area contributed by atoms with Gasteiger partial charge < -0.3 is 10.5 Å². The Labute approximate surface area is 125 Å². The summed E-state index contributed by atoms with van der Waals surface area (Å²) in [6.07, 6.45) is 2.97. The maximum Gasteiger partial charge on any atom is 0.175 e. The molecule has 0 saturated carbocycles. The van der Waals surface area contributed by atoms with Crippen molar-refractivity contribution in [2.45, 2.75) is 15.1 Å². The van der Waals surface area contributed by atoms with E-state index in [1.165, 1.54) is 0 Å². The summed E-state index contributed by atoms with van der Waals surface area (Å²) in [5.41, 5.74) is 6.41. The van der Waals surface area contributed by atoms with Gasteiger partial charge in [0, 0.05) is 17.5 Å². The summed E-state index contributed by atoms with van der Waals surface area (Å²) < 4.78 is 7.66. The minimum absolute atomic E-state index is 0.685. The van der Waals surface area contributed by atoms with Crippen molar-refractivity contribution in [3.05, 3.63) is 24.3 Å². The van der Waals surface area contributed by atoms with Gasteiger partial charge in [-0.05, 0) is 24.8 Å². The first-order valence-corrected chi connectivity index (χ1v) is 8.79. The van der Waals surface area contributed by atoms with Crippen LogP contribution in [0, 0.1) is 0 Å². The first-order valence-electron chi connectivity index (χ1n) is 5.76. The maximum atomic E-state index is 5.68. The van der Waals surface area contributed by atoms with E-state index in [2.05, 4.69) is 10.2 Å². The van der Waals surface area contributed by atoms with Gasteiger partial charge in [-0.3, -0.25) is 0 Å². The van der Waals surface area contributed by atoms with Crippen LogP contribution in [0.2, 0.25) is 0 Å². The van der Waals surface area contributed by atoms with Gasteiger partial charge in [0.2, 0.25) is 0 Å². The highest BCUT2D eigenvalue weighted by molar-refractivity contribution is 8.02. The first-order chi connectivity index (χ1) is 9.28. The van der Waals surface area contributed by atoms with Gasteiger partial charge in [0.05, 0.1) is 6.61 Å². The number of hydrogen-bond acceptors (Lipinski definition) is 7. The molecule has 0 aliphatic rings. The van der Waals surface area contributed by atoms with Gasteiger partial charge in [-0.15, -0.1) is 10.2 Å². The molecule has 0 bridgehead atoms. The minimum Gasteiger partial charge on any atom is -0.493 e. The standard InChI is InChI=1S/C12H15N3OS3/c1-17-11-14-15-12(19-11)18-7-3-6-16-10-5-2-4-9(13)8-10/h2,4-5,8H,3,6-7,13H2,1H3. The van der Waals surface area contributed by atoms with Crippen molar-refractivity contribution in [2.24, 2.45) is 0 Å². The van der Waals surface area contributed by atoms with E-state index in [0.29, 0.717) is 6.61 Å². The molecular formula is C12H15N3OS3. The van der Waals surface area contributed by atoms with Gasteiger partial charge in [0.1, 0.15) is 5.75 Å². The average molecular weight is 313 g/mol. The van der Waals surface area contributed by atoms with Crippen molar-refractivity contribution in [2.75, 3.05) is 24.3 Å². The van der Waals surface area contributed by atoms with Crippen LogP contribution in [0.25, 0.3) is 0 Å². The lowest BCUT2D eigenvalue weighted by molar-refractivity contribution is 0.319. The zero-order valence-corrected chi connectivity index (χ0v) is 13.0. The second-order valence-electron chi connectivity index (χ2n) is 3.66. The van der Waals surface area contributed by atoms with E-state index in [4.69, 9.17) is 10.5 Å². The fraction of sp³-hybridized carbons (Fsp3) is 0.333. The molecule has 1 aromatic carbocycles. The van der Waals surface area contributed by atoms with Crippen LogP contribution in [0.3, 0.4) is 0 Å². The molecule has 1 aromatic heterocycles. The molecule has 2 aromatic rings. The number of benzene rings is 1. The largest absolute Gasteiger partial charge is 0.493 e. The third-order valence-electron chi connectivity index (χ3n) is 2.20. The lowest BCUT2D eigenvalue weighted by Gasteiger charge is -2.05. The van der Waals surface area contributed by atoms with Crippen LogP contribution < -0.4 is 10.5 Å². The molecule has 102 valence electrons.